The fourth-order valence-electron chi connectivity index (χ4n) is 35.0. The van der Waals surface area contributed by atoms with Crippen molar-refractivity contribution in [3.8, 4) is 0 Å². The van der Waals surface area contributed by atoms with Gasteiger partial charge in [-0.05, 0) is 489 Å². The Morgan fingerprint density at radius 3 is 1.15 bits per heavy atom. The van der Waals surface area contributed by atoms with Crippen molar-refractivity contribution in [3.05, 3.63) is 0 Å². The zero-order valence-electron chi connectivity index (χ0n) is 76.5. The third-order valence-electron chi connectivity index (χ3n) is 42.5. The van der Waals surface area contributed by atoms with Gasteiger partial charge in [-0.2, -0.15) is 0 Å². The van der Waals surface area contributed by atoms with Gasteiger partial charge in [0.25, 0.3) is 0 Å². The number of esters is 5. The van der Waals surface area contributed by atoms with Gasteiger partial charge in [-0.1, -0.05) is 115 Å². The van der Waals surface area contributed by atoms with Crippen LogP contribution < -0.4 is 0 Å². The van der Waals surface area contributed by atoms with Crippen LogP contribution in [0.3, 0.4) is 0 Å². The second-order valence-corrected chi connectivity index (χ2v) is 50.3. The van der Waals surface area contributed by atoms with E-state index in [1.165, 1.54) is 167 Å². The molecule has 27 saturated carbocycles. The second kappa shape index (κ2) is 37.3. The van der Waals surface area contributed by atoms with Crippen molar-refractivity contribution in [1.82, 2.24) is 0 Å². The van der Waals surface area contributed by atoms with Crippen molar-refractivity contribution in [3.63, 3.8) is 0 Å². The Kier molecular flexibility index (Phi) is 32.6. The summed E-state index contributed by atoms with van der Waals surface area (Å²) in [5.74, 6) is 28.2. The Morgan fingerprint density at radius 1 is 0.331 bits per heavy atom. The van der Waals surface area contributed by atoms with E-state index in [9.17, 15) is 24.0 Å². The molecule has 0 radical (unpaired) electrons. The molecule has 0 spiro atoms. The van der Waals surface area contributed by atoms with Crippen molar-refractivity contribution in [2.45, 2.75) is 467 Å². The number of hydrogen-bond acceptors (Lipinski definition) is 11. The predicted molar refractivity (Wildman–Crippen MR) is 516 cm³/mol. The van der Waals surface area contributed by atoms with Gasteiger partial charge in [0.2, 0.25) is 0 Å². The van der Waals surface area contributed by atoms with Gasteiger partial charge in [0.15, 0.2) is 6.29 Å². The van der Waals surface area contributed by atoms with Crippen LogP contribution in [0.2, 0.25) is 0 Å². The summed E-state index contributed by atoms with van der Waals surface area (Å²) in [5.41, 5.74) is -2.39. The molecule has 0 aromatic rings. The molecule has 27 aliphatic rings. The van der Waals surface area contributed by atoms with E-state index in [1.807, 2.05) is 90.0 Å². The lowest BCUT2D eigenvalue weighted by Crippen LogP contribution is -2.73. The van der Waals surface area contributed by atoms with Gasteiger partial charge in [-0.25, -0.2) is 0 Å². The summed E-state index contributed by atoms with van der Waals surface area (Å²) in [5, 5.41) is 0. The molecule has 0 amide bonds. The van der Waals surface area contributed by atoms with Crippen molar-refractivity contribution in [2.75, 3.05) is 0 Å². The van der Waals surface area contributed by atoms with Crippen LogP contribution >= 0.6 is 0 Å². The maximum absolute atomic E-state index is 13.0. The lowest BCUT2D eigenvalue weighted by atomic mass is 9.28. The van der Waals surface area contributed by atoms with Gasteiger partial charge in [0.05, 0.1) is 33.2 Å². The normalized spacial score (nSPS) is 43.3. The zero-order chi connectivity index (χ0) is 81.6. The molecule has 27 aliphatic carbocycles. The molecule has 30 bridgehead atoms. The van der Waals surface area contributed by atoms with Gasteiger partial charge >= 0.3 is 29.8 Å². The lowest BCUT2D eigenvalue weighted by molar-refractivity contribution is -0.309. The van der Waals surface area contributed by atoms with Gasteiger partial charge < -0.3 is 28.4 Å². The van der Waals surface area contributed by atoms with Crippen molar-refractivity contribution < 1.29 is 52.4 Å². The quantitative estimate of drug-likeness (QED) is 0.0498. The Morgan fingerprint density at radius 2 is 0.710 bits per heavy atom. The first-order valence-corrected chi connectivity index (χ1v) is 49.2. The third kappa shape index (κ3) is 17.1. The second-order valence-electron chi connectivity index (χ2n) is 50.3. The largest absolute Gasteiger partial charge is 0.459 e. The lowest BCUT2D eigenvalue weighted by Gasteiger charge is -2.77. The topological polar surface area (TPSA) is 141 Å². The maximum Gasteiger partial charge on any atom is 0.313 e. The molecule has 27 fully saturated rings. The maximum atomic E-state index is 13.0. The highest BCUT2D eigenvalue weighted by atomic mass is 16.7. The number of rotatable bonds is 20. The molecule has 11 nitrogen and oxygen atoms in total. The van der Waals surface area contributed by atoms with E-state index < -0.39 is 11.7 Å². The highest BCUT2D eigenvalue weighted by Crippen LogP contribution is 2.81. The van der Waals surface area contributed by atoms with Crippen LogP contribution in [-0.2, 0) is 52.4 Å². The van der Waals surface area contributed by atoms with Crippen LogP contribution in [-0.4, -0.2) is 64.6 Å². The molecular weight excluding hydrogens is 1530 g/mol. The fraction of sp³-hybridized carbons (Fsp3) is 0.956. The van der Waals surface area contributed by atoms with E-state index in [1.54, 1.807) is 0 Å². The van der Waals surface area contributed by atoms with Crippen molar-refractivity contribution in [1.29, 1.82) is 0 Å². The molecule has 0 saturated heterocycles. The Hall–Kier alpha value is -2.69. The van der Waals surface area contributed by atoms with E-state index in [0.29, 0.717) is 23.9 Å². The summed E-state index contributed by atoms with van der Waals surface area (Å²) >= 11 is 0. The molecular formula is C113H204O11. The van der Waals surface area contributed by atoms with Gasteiger partial charge in [-0.15, -0.1) is 0 Å². The highest BCUT2D eigenvalue weighted by Gasteiger charge is 2.77. The molecule has 0 aromatic carbocycles. The van der Waals surface area contributed by atoms with Gasteiger partial charge in [0, 0.05) is 22.7 Å². The standard InChI is InChI=1S/2C23H36O2.C21H32O2.C20H32O3.C16H28O2.10CH4/c1-6-21(2,3)20(24)25-22(4,5)23-12-14-8-16-15-7-13(10-18(16)23)11-19(23)17(15)9-14;1-6-21(2,3)20(24)25-22(4,5)23-10-17-14-7-13-8-15(17)19(12-23)16(9-13)18(14)11-23;1-5-20(2,3)19(22)23-21(4)12-9-14-13-6-11-7-16(14)18(21)17(8-11)15(13)10-12;1-5-20(3,4)19(21)23-11(2)22-16-10-14-9-15(16)18-13-7-6-12(8-13)17(14)18;1-6-15(2,3)14(17)18-16(4,5)13-10-11-7-8-12(13)9-11;;;;;;;;;;/h2*13-19H,6-12H2,1-5H3;2*11-18H,5-10H2,1-4H3;11-13H,6-10H2,1-5H3;10*1H4. The predicted octanol–water partition coefficient (Wildman–Crippen LogP) is 30.5. The smallest absolute Gasteiger partial charge is 0.313 e. The summed E-state index contributed by atoms with van der Waals surface area (Å²) in [4.78, 5) is 63.2. The first-order chi connectivity index (χ1) is 53.4. The minimum atomic E-state index is -0.415. The van der Waals surface area contributed by atoms with Crippen LogP contribution in [0.25, 0.3) is 0 Å². The average Bonchev–Trinajstić information content (AvgIpc) is 0.983. The fourth-order valence-corrected chi connectivity index (χ4v) is 35.0. The summed E-state index contributed by atoms with van der Waals surface area (Å²) in [7, 11) is 0. The first-order valence-electron chi connectivity index (χ1n) is 49.2. The molecule has 20 unspecified atom stereocenters. The van der Waals surface area contributed by atoms with Gasteiger partial charge in [-0.3, -0.25) is 24.0 Å². The van der Waals surface area contributed by atoms with E-state index in [2.05, 4.69) is 69.2 Å². The number of carbonyl (C=O) groups is 5. The summed E-state index contributed by atoms with van der Waals surface area (Å²) in [6.07, 6.45) is 40.8. The van der Waals surface area contributed by atoms with Crippen LogP contribution in [0, 0.1) is 221 Å². The number of fused-ring (bicyclic) bond motifs is 11. The van der Waals surface area contributed by atoms with Crippen LogP contribution in [0.5, 0.6) is 0 Å². The van der Waals surface area contributed by atoms with E-state index in [0.717, 1.165) is 198 Å². The monoisotopic (exact) mass is 1740 g/mol. The van der Waals surface area contributed by atoms with Crippen molar-refractivity contribution in [2.24, 2.45) is 221 Å². The number of hydrogen-bond donors (Lipinski definition) is 0. The molecule has 0 aliphatic heterocycles. The van der Waals surface area contributed by atoms with Crippen molar-refractivity contribution >= 4 is 29.8 Å². The Balaban J connectivity index is 0.000000210. The molecule has 11 heteroatoms. The van der Waals surface area contributed by atoms with E-state index >= 15 is 0 Å². The summed E-state index contributed by atoms with van der Waals surface area (Å²) in [6.45, 7) is 47.9. The van der Waals surface area contributed by atoms with Crippen LogP contribution in [0.1, 0.15) is 433 Å². The Bertz CT molecular complexity index is 3520. The minimum absolute atomic E-state index is 0. The zero-order valence-corrected chi connectivity index (χ0v) is 76.5. The van der Waals surface area contributed by atoms with E-state index in [-0.39, 0.29) is 159 Å². The summed E-state index contributed by atoms with van der Waals surface area (Å²) < 4.78 is 36.9. The average molecular weight is 1740 g/mol. The van der Waals surface area contributed by atoms with Crippen LogP contribution in [0.4, 0.5) is 0 Å². The SMILES string of the molecule is C.C.C.C.C.C.C.C.C.C.CCC(C)(C)C(=O)OC(C)(C)C12CC3C4CC5CC3C(C1)C(C5)C4C2.CCC(C)(C)C(=O)OC(C)(C)C12CC3CC4C5CC(CC41)CC2C5C3.CCC(C)(C)C(=O)OC(C)(C)C1CC2CCC1C2.CCC(C)(C)C(=O)OC(C)OC1CC2CC1C1C3CCC(C3)C21.CCC(C)(C)C(=O)OC1(C)C2CC3C4CC5CC3C1C(C5)C4C2. The van der Waals surface area contributed by atoms with Gasteiger partial charge in [0.1, 0.15) is 22.4 Å². The van der Waals surface area contributed by atoms with E-state index in [4.69, 9.17) is 28.4 Å². The molecule has 0 aromatic heterocycles. The number of carbonyl (C=O) groups excluding carboxylic acids is 5. The van der Waals surface area contributed by atoms with Crippen LogP contribution in [0.15, 0.2) is 0 Å². The minimum Gasteiger partial charge on any atom is -0.459 e. The Labute approximate surface area is 766 Å². The summed E-state index contributed by atoms with van der Waals surface area (Å²) in [6, 6.07) is 0. The molecule has 0 N–H and O–H groups in total. The first kappa shape index (κ1) is 108. The highest BCUT2D eigenvalue weighted by molar-refractivity contribution is 5.78. The molecule has 124 heavy (non-hydrogen) atoms. The molecule has 722 valence electrons. The molecule has 27 rings (SSSR count). The third-order valence-corrected chi connectivity index (χ3v) is 42.5. The number of ether oxygens (including phenoxy) is 6. The molecule has 0 heterocycles. The molecule has 20 atom stereocenters.